The van der Waals surface area contributed by atoms with Crippen LogP contribution in [0.3, 0.4) is 0 Å². The fourth-order valence-electron chi connectivity index (χ4n) is 4.92. The lowest BCUT2D eigenvalue weighted by molar-refractivity contribution is 0.228. The van der Waals surface area contributed by atoms with Crippen molar-refractivity contribution in [1.82, 2.24) is 0 Å². The van der Waals surface area contributed by atoms with Crippen molar-refractivity contribution < 1.29 is 4.43 Å². The summed E-state index contributed by atoms with van der Waals surface area (Å²) in [5.41, 5.74) is 2.88. The Bertz CT molecular complexity index is 682. The van der Waals surface area contributed by atoms with Crippen molar-refractivity contribution in [2.24, 2.45) is 0 Å². The first-order valence-corrected chi connectivity index (χ1v) is 15.7. The molecule has 0 amide bonds. The minimum atomic E-state index is -1.71. The van der Waals surface area contributed by atoms with Crippen LogP contribution in [0.4, 0.5) is 0 Å². The summed E-state index contributed by atoms with van der Waals surface area (Å²) in [4.78, 5) is 0. The van der Waals surface area contributed by atoms with Crippen molar-refractivity contribution in [3.8, 4) is 0 Å². The maximum Gasteiger partial charge on any atom is 0.190 e. The summed E-state index contributed by atoms with van der Waals surface area (Å²) in [7, 11) is -3.25. The summed E-state index contributed by atoms with van der Waals surface area (Å²) in [6.45, 7) is 12.4. The molecule has 3 rings (SSSR count). The molecule has 1 aliphatic heterocycles. The van der Waals surface area contributed by atoms with Crippen LogP contribution in [0.2, 0.25) is 37.3 Å². The summed E-state index contributed by atoms with van der Waals surface area (Å²) in [6.07, 6.45) is 2.76. The van der Waals surface area contributed by atoms with Gasteiger partial charge in [-0.1, -0.05) is 92.3 Å². The van der Waals surface area contributed by atoms with Gasteiger partial charge in [-0.25, -0.2) is 0 Å². The summed E-state index contributed by atoms with van der Waals surface area (Å²) in [6, 6.07) is 22.1. The topological polar surface area (TPSA) is 9.23 Å². The van der Waals surface area contributed by atoms with E-state index in [-0.39, 0.29) is 0 Å². The standard InChI is InChI=1S/C22H32OSi2/c1-6-21(24(2,3)19-15-11-8-12-16-19)22-17-20(23-25(22,4)5)18-13-9-7-10-14-18/h7-16,20-22H,6,17H2,1-5H3/t20-,21-,22+/m1/s1. The zero-order valence-electron chi connectivity index (χ0n) is 16.3. The van der Waals surface area contributed by atoms with Crippen molar-refractivity contribution in [1.29, 1.82) is 0 Å². The van der Waals surface area contributed by atoms with Crippen LogP contribution in [0, 0.1) is 0 Å². The molecule has 3 heteroatoms. The van der Waals surface area contributed by atoms with E-state index in [9.17, 15) is 0 Å². The van der Waals surface area contributed by atoms with E-state index in [4.69, 9.17) is 4.43 Å². The van der Waals surface area contributed by atoms with E-state index in [0.29, 0.717) is 6.10 Å². The molecule has 0 aliphatic carbocycles. The van der Waals surface area contributed by atoms with Crippen LogP contribution in [0.25, 0.3) is 0 Å². The Morgan fingerprint density at radius 1 is 1.00 bits per heavy atom. The number of hydrogen-bond acceptors (Lipinski definition) is 1. The predicted molar refractivity (Wildman–Crippen MR) is 114 cm³/mol. The van der Waals surface area contributed by atoms with Crippen LogP contribution in [0.1, 0.15) is 31.4 Å². The van der Waals surface area contributed by atoms with Crippen LogP contribution in [0.5, 0.6) is 0 Å². The highest BCUT2D eigenvalue weighted by Crippen LogP contribution is 2.54. The number of rotatable bonds is 5. The maximum absolute atomic E-state index is 6.72. The normalized spacial score (nSPS) is 24.2. The smallest absolute Gasteiger partial charge is 0.190 e. The van der Waals surface area contributed by atoms with Gasteiger partial charge in [-0.3, -0.25) is 0 Å². The third kappa shape index (κ3) is 3.69. The molecule has 0 N–H and O–H groups in total. The molecular weight excluding hydrogens is 336 g/mol. The molecule has 3 atom stereocenters. The van der Waals surface area contributed by atoms with Gasteiger partial charge in [-0.2, -0.15) is 0 Å². The van der Waals surface area contributed by atoms with Crippen molar-refractivity contribution in [2.75, 3.05) is 0 Å². The molecule has 134 valence electrons. The van der Waals surface area contributed by atoms with Gasteiger partial charge in [0.1, 0.15) is 0 Å². The van der Waals surface area contributed by atoms with Crippen molar-refractivity contribution >= 4 is 21.6 Å². The molecule has 0 bridgehead atoms. The van der Waals surface area contributed by atoms with Crippen LogP contribution in [0.15, 0.2) is 60.7 Å². The quantitative estimate of drug-likeness (QED) is 0.578. The van der Waals surface area contributed by atoms with Gasteiger partial charge >= 0.3 is 0 Å². The van der Waals surface area contributed by atoms with E-state index in [2.05, 4.69) is 93.8 Å². The monoisotopic (exact) mass is 368 g/mol. The van der Waals surface area contributed by atoms with E-state index in [0.717, 1.165) is 11.1 Å². The van der Waals surface area contributed by atoms with Gasteiger partial charge in [0.2, 0.25) is 0 Å². The highest BCUT2D eigenvalue weighted by atomic mass is 28.4. The van der Waals surface area contributed by atoms with Crippen LogP contribution >= 0.6 is 0 Å². The van der Waals surface area contributed by atoms with E-state index < -0.39 is 16.4 Å². The molecular formula is C22H32OSi2. The molecule has 2 aromatic carbocycles. The lowest BCUT2D eigenvalue weighted by atomic mass is 10.0. The molecule has 0 unspecified atom stereocenters. The summed E-state index contributed by atoms with van der Waals surface area (Å²) < 4.78 is 6.72. The minimum Gasteiger partial charge on any atom is -0.410 e. The molecule has 1 fully saturated rings. The number of benzene rings is 2. The largest absolute Gasteiger partial charge is 0.410 e. The molecule has 1 nitrogen and oxygen atoms in total. The Kier molecular flexibility index (Phi) is 5.38. The van der Waals surface area contributed by atoms with Gasteiger partial charge in [0, 0.05) is 0 Å². The van der Waals surface area contributed by atoms with Gasteiger partial charge in [0.05, 0.1) is 14.2 Å². The Labute approximate surface area is 155 Å². The lowest BCUT2D eigenvalue weighted by Gasteiger charge is -2.40. The summed E-state index contributed by atoms with van der Waals surface area (Å²) in [5, 5.41) is 1.59. The van der Waals surface area contributed by atoms with Crippen molar-refractivity contribution in [2.45, 2.75) is 63.1 Å². The fraction of sp³-hybridized carbons (Fsp3) is 0.455. The van der Waals surface area contributed by atoms with Gasteiger partial charge in [-0.05, 0) is 36.2 Å². The van der Waals surface area contributed by atoms with Crippen LogP contribution in [-0.2, 0) is 4.43 Å². The maximum atomic E-state index is 6.72. The van der Waals surface area contributed by atoms with Crippen molar-refractivity contribution in [3.63, 3.8) is 0 Å². The minimum absolute atomic E-state index is 0.294. The second-order valence-corrected chi connectivity index (χ2v) is 17.5. The van der Waals surface area contributed by atoms with E-state index in [1.165, 1.54) is 18.4 Å². The third-order valence-corrected chi connectivity index (χ3v) is 14.5. The first kappa shape index (κ1) is 18.6. The highest BCUT2D eigenvalue weighted by Gasteiger charge is 2.51. The average Bonchev–Trinajstić information content (AvgIpc) is 2.92. The molecule has 0 radical (unpaired) electrons. The van der Waals surface area contributed by atoms with E-state index in [1.807, 2.05) is 0 Å². The Hall–Kier alpha value is -1.17. The molecule has 25 heavy (non-hydrogen) atoms. The predicted octanol–water partition coefficient (Wildman–Crippen LogP) is 6.12. The summed E-state index contributed by atoms with van der Waals surface area (Å²) >= 11 is 0. The first-order valence-electron chi connectivity index (χ1n) is 9.64. The Morgan fingerprint density at radius 2 is 1.56 bits per heavy atom. The second-order valence-electron chi connectivity index (χ2n) is 8.57. The van der Waals surface area contributed by atoms with Crippen LogP contribution in [-0.4, -0.2) is 16.4 Å². The van der Waals surface area contributed by atoms with Gasteiger partial charge in [0.15, 0.2) is 8.32 Å². The van der Waals surface area contributed by atoms with Gasteiger partial charge < -0.3 is 4.43 Å². The SMILES string of the molecule is CC[C@H]([C@@H]1C[C@H](c2ccccc2)O[Si]1(C)C)[Si](C)(C)c1ccccc1. The van der Waals surface area contributed by atoms with Crippen molar-refractivity contribution in [3.05, 3.63) is 66.2 Å². The summed E-state index contributed by atoms with van der Waals surface area (Å²) in [5.74, 6) is 0. The van der Waals surface area contributed by atoms with E-state index >= 15 is 0 Å². The average molecular weight is 369 g/mol. The molecule has 0 aromatic heterocycles. The lowest BCUT2D eigenvalue weighted by Crippen LogP contribution is -2.50. The van der Waals surface area contributed by atoms with Crippen LogP contribution < -0.4 is 5.19 Å². The molecule has 0 saturated carbocycles. The molecule has 1 heterocycles. The molecule has 2 aromatic rings. The first-order chi connectivity index (χ1) is 11.9. The Balaban J connectivity index is 1.90. The second kappa shape index (κ2) is 7.22. The fourth-order valence-corrected chi connectivity index (χ4v) is 14.1. The molecule has 1 aliphatic rings. The van der Waals surface area contributed by atoms with E-state index in [1.54, 1.807) is 5.19 Å². The zero-order valence-corrected chi connectivity index (χ0v) is 18.3. The molecule has 0 spiro atoms. The third-order valence-electron chi connectivity index (χ3n) is 6.35. The Morgan fingerprint density at radius 3 is 2.12 bits per heavy atom. The number of hydrogen-bond donors (Lipinski definition) is 0. The van der Waals surface area contributed by atoms with Gasteiger partial charge in [-0.15, -0.1) is 0 Å². The highest BCUT2D eigenvalue weighted by molar-refractivity contribution is 6.92. The zero-order chi connectivity index (χ0) is 18.1. The molecule has 1 saturated heterocycles. The van der Waals surface area contributed by atoms with Gasteiger partial charge in [0.25, 0.3) is 0 Å².